The number of unbranched alkanes of at least 4 members (excludes halogenated alkanes) is 2. The lowest BCUT2D eigenvalue weighted by Crippen LogP contribution is -2.26. The highest BCUT2D eigenvalue weighted by atomic mass is 32.2. The van der Waals surface area contributed by atoms with Crippen molar-refractivity contribution in [1.29, 1.82) is 0 Å². The van der Waals surface area contributed by atoms with Gasteiger partial charge in [0.25, 0.3) is 0 Å². The average Bonchev–Trinajstić information content (AvgIpc) is 2.80. The van der Waals surface area contributed by atoms with Crippen molar-refractivity contribution in [3.8, 4) is 0 Å². The van der Waals surface area contributed by atoms with Crippen molar-refractivity contribution in [2.75, 3.05) is 18.6 Å². The third kappa shape index (κ3) is 6.28. The maximum absolute atomic E-state index is 11.5. The molecule has 0 aromatic carbocycles. The first-order valence-corrected chi connectivity index (χ1v) is 8.56. The molecule has 4 nitrogen and oxygen atoms in total. The van der Waals surface area contributed by atoms with Crippen molar-refractivity contribution in [3.63, 3.8) is 0 Å². The molecule has 0 spiro atoms. The topological polar surface area (TPSA) is 54.9 Å². The number of hydrogen-bond acceptors (Lipinski definition) is 6. The summed E-state index contributed by atoms with van der Waals surface area (Å²) >= 11 is 4.55. The molecule has 1 N–H and O–H groups in total. The maximum atomic E-state index is 11.5. The molecule has 0 bridgehead atoms. The number of rotatable bonds is 8. The molecule has 0 saturated carbocycles. The number of carbonyl (C=O) groups is 1. The number of thioether (sulfide) groups is 2. The molecule has 1 heterocycles. The molecular formula is C10H17N3OS3. The van der Waals surface area contributed by atoms with E-state index in [-0.39, 0.29) is 5.91 Å². The van der Waals surface area contributed by atoms with E-state index in [1.807, 2.05) is 6.26 Å². The Balaban J connectivity index is 2.14. The Labute approximate surface area is 114 Å². The van der Waals surface area contributed by atoms with Crippen molar-refractivity contribution < 1.29 is 4.79 Å². The van der Waals surface area contributed by atoms with Crippen LogP contribution in [0.15, 0.2) is 8.68 Å². The van der Waals surface area contributed by atoms with Gasteiger partial charge >= 0.3 is 0 Å². The minimum atomic E-state index is 0.0759. The Kier molecular flexibility index (Phi) is 7.63. The van der Waals surface area contributed by atoms with E-state index in [0.717, 1.165) is 21.6 Å². The van der Waals surface area contributed by atoms with Crippen molar-refractivity contribution in [1.82, 2.24) is 15.5 Å². The number of carbonyl (C=O) groups excluding carboxylic acids is 1. The summed E-state index contributed by atoms with van der Waals surface area (Å²) in [7, 11) is 0. The maximum Gasteiger partial charge on any atom is 0.230 e. The van der Waals surface area contributed by atoms with E-state index >= 15 is 0 Å². The Hall–Kier alpha value is -0.270. The van der Waals surface area contributed by atoms with E-state index in [1.54, 1.807) is 11.8 Å². The van der Waals surface area contributed by atoms with Gasteiger partial charge in [-0.1, -0.05) is 54.6 Å². The molecule has 0 fully saturated rings. The summed E-state index contributed by atoms with van der Waals surface area (Å²) in [6.45, 7) is 2.93. The molecule has 1 rings (SSSR count). The SMILES string of the molecule is CCCCCNC(=O)CSc1nnc(SC)s1. The number of hydrogen-bond donors (Lipinski definition) is 1. The van der Waals surface area contributed by atoms with Crippen LogP contribution < -0.4 is 5.32 Å². The fourth-order valence-electron chi connectivity index (χ4n) is 1.12. The van der Waals surface area contributed by atoms with Crippen molar-refractivity contribution in [3.05, 3.63) is 0 Å². The van der Waals surface area contributed by atoms with Gasteiger partial charge in [0.2, 0.25) is 5.91 Å². The number of nitrogens with zero attached hydrogens (tertiary/aromatic N) is 2. The molecular weight excluding hydrogens is 274 g/mol. The highest BCUT2D eigenvalue weighted by Gasteiger charge is 2.06. The second kappa shape index (κ2) is 8.77. The predicted octanol–water partition coefficient (Wildman–Crippen LogP) is 2.66. The van der Waals surface area contributed by atoms with Crippen LogP contribution in [0.4, 0.5) is 0 Å². The molecule has 1 amide bonds. The van der Waals surface area contributed by atoms with Crippen molar-refractivity contribution in [2.45, 2.75) is 34.9 Å². The highest BCUT2D eigenvalue weighted by molar-refractivity contribution is 8.03. The fourth-order valence-corrected chi connectivity index (χ4v) is 3.39. The van der Waals surface area contributed by atoms with E-state index in [4.69, 9.17) is 0 Å². The zero-order chi connectivity index (χ0) is 12.5. The van der Waals surface area contributed by atoms with Gasteiger partial charge in [-0.2, -0.15) is 0 Å². The summed E-state index contributed by atoms with van der Waals surface area (Å²) in [5.41, 5.74) is 0. The third-order valence-corrected chi connectivity index (χ3v) is 5.02. The zero-order valence-corrected chi connectivity index (χ0v) is 12.5. The van der Waals surface area contributed by atoms with Crippen LogP contribution in [0.25, 0.3) is 0 Å². The fraction of sp³-hybridized carbons (Fsp3) is 0.700. The standard InChI is InChI=1S/C10H17N3OS3/c1-3-4-5-6-11-8(14)7-16-10-13-12-9(15-2)17-10/h3-7H2,1-2H3,(H,11,14). The molecule has 0 aliphatic heterocycles. The van der Waals surface area contributed by atoms with Gasteiger partial charge in [0.15, 0.2) is 8.68 Å². The lowest BCUT2D eigenvalue weighted by atomic mass is 10.2. The normalized spacial score (nSPS) is 10.5. The Morgan fingerprint density at radius 3 is 2.76 bits per heavy atom. The molecule has 1 aromatic heterocycles. The van der Waals surface area contributed by atoms with Crippen LogP contribution in [-0.2, 0) is 4.79 Å². The lowest BCUT2D eigenvalue weighted by Gasteiger charge is -2.02. The second-order valence-corrected chi connectivity index (χ2v) is 6.64. The van der Waals surface area contributed by atoms with Gasteiger partial charge in [-0.15, -0.1) is 10.2 Å². The van der Waals surface area contributed by atoms with E-state index < -0.39 is 0 Å². The van der Waals surface area contributed by atoms with Gasteiger partial charge in [-0.05, 0) is 12.7 Å². The molecule has 0 radical (unpaired) electrons. The van der Waals surface area contributed by atoms with Crippen LogP contribution in [0.3, 0.4) is 0 Å². The minimum Gasteiger partial charge on any atom is -0.355 e. The third-order valence-electron chi connectivity index (χ3n) is 1.99. The molecule has 0 aliphatic carbocycles. The highest BCUT2D eigenvalue weighted by Crippen LogP contribution is 2.26. The van der Waals surface area contributed by atoms with Crippen LogP contribution in [0, 0.1) is 0 Å². The van der Waals surface area contributed by atoms with Gasteiger partial charge in [-0.3, -0.25) is 4.79 Å². The van der Waals surface area contributed by atoms with E-state index in [0.29, 0.717) is 5.75 Å². The summed E-state index contributed by atoms with van der Waals surface area (Å²) in [5.74, 6) is 0.502. The monoisotopic (exact) mass is 291 g/mol. The minimum absolute atomic E-state index is 0.0759. The summed E-state index contributed by atoms with van der Waals surface area (Å²) in [5, 5.41) is 10.9. The molecule has 7 heteroatoms. The second-order valence-electron chi connectivity index (χ2n) is 3.38. The van der Waals surface area contributed by atoms with Gasteiger partial charge < -0.3 is 5.32 Å². The van der Waals surface area contributed by atoms with Gasteiger partial charge in [-0.25, -0.2) is 0 Å². The first kappa shape index (κ1) is 14.8. The molecule has 0 atom stereocenters. The van der Waals surface area contributed by atoms with E-state index in [1.165, 1.54) is 35.9 Å². The van der Waals surface area contributed by atoms with E-state index in [9.17, 15) is 4.79 Å². The van der Waals surface area contributed by atoms with Gasteiger partial charge in [0, 0.05) is 6.54 Å². The first-order chi connectivity index (χ1) is 8.26. The summed E-state index contributed by atoms with van der Waals surface area (Å²) < 4.78 is 1.80. The molecule has 0 saturated heterocycles. The summed E-state index contributed by atoms with van der Waals surface area (Å²) in [6, 6.07) is 0. The van der Waals surface area contributed by atoms with Gasteiger partial charge in [0.1, 0.15) is 0 Å². The zero-order valence-electron chi connectivity index (χ0n) is 10.1. The average molecular weight is 291 g/mol. The first-order valence-electron chi connectivity index (χ1n) is 5.53. The number of nitrogens with one attached hydrogen (secondary N) is 1. The number of amides is 1. The van der Waals surface area contributed by atoms with Crippen molar-refractivity contribution in [2.24, 2.45) is 0 Å². The molecule has 1 aromatic rings. The Bertz CT molecular complexity index is 343. The van der Waals surface area contributed by atoms with Crippen LogP contribution in [0.1, 0.15) is 26.2 Å². The molecule has 17 heavy (non-hydrogen) atoms. The van der Waals surface area contributed by atoms with Crippen LogP contribution in [-0.4, -0.2) is 34.7 Å². The smallest absolute Gasteiger partial charge is 0.230 e. The quantitative estimate of drug-likeness (QED) is 0.589. The Morgan fingerprint density at radius 2 is 2.12 bits per heavy atom. The molecule has 0 aliphatic rings. The number of aromatic nitrogens is 2. The predicted molar refractivity (Wildman–Crippen MR) is 74.9 cm³/mol. The molecule has 96 valence electrons. The summed E-state index contributed by atoms with van der Waals surface area (Å²) in [4.78, 5) is 11.5. The largest absolute Gasteiger partial charge is 0.355 e. The Morgan fingerprint density at radius 1 is 1.35 bits per heavy atom. The van der Waals surface area contributed by atoms with Gasteiger partial charge in [0.05, 0.1) is 5.75 Å². The van der Waals surface area contributed by atoms with Crippen molar-refractivity contribution >= 4 is 40.8 Å². The summed E-state index contributed by atoms with van der Waals surface area (Å²) in [6.07, 6.45) is 5.37. The van der Waals surface area contributed by atoms with Crippen LogP contribution >= 0.6 is 34.9 Å². The molecule has 0 unspecified atom stereocenters. The lowest BCUT2D eigenvalue weighted by molar-refractivity contribution is -0.118. The van der Waals surface area contributed by atoms with E-state index in [2.05, 4.69) is 22.4 Å². The van der Waals surface area contributed by atoms with Crippen LogP contribution in [0.2, 0.25) is 0 Å². The van der Waals surface area contributed by atoms with Crippen LogP contribution in [0.5, 0.6) is 0 Å².